The van der Waals surface area contributed by atoms with Crippen LogP contribution in [0.1, 0.15) is 6.42 Å². The number of rotatable bonds is 6. The number of halogens is 1. The Morgan fingerprint density at radius 1 is 1.31 bits per heavy atom. The third-order valence-electron chi connectivity index (χ3n) is 2.76. The van der Waals surface area contributed by atoms with Crippen LogP contribution in [0.2, 0.25) is 0 Å². The molecule has 0 unspecified atom stereocenters. The van der Waals surface area contributed by atoms with Crippen molar-refractivity contribution < 1.29 is 9.53 Å². The van der Waals surface area contributed by atoms with Crippen LogP contribution in [-0.4, -0.2) is 68.7 Å². The molecule has 1 aliphatic rings. The molecule has 1 aliphatic heterocycles. The molecule has 1 fully saturated rings. The fraction of sp³-hybridized carbons (Fsp3) is 0.900. The number of methoxy groups -OCH3 is 1. The molecule has 0 aromatic carbocycles. The summed E-state index contributed by atoms with van der Waals surface area (Å²) >= 11 is 1.89. The van der Waals surface area contributed by atoms with Crippen molar-refractivity contribution in [2.24, 2.45) is 0 Å². The average molecular weight is 341 g/mol. The number of amides is 1. The SMILES string of the molecule is COCCCN1CCN(CC(=O)NI)CC1. The van der Waals surface area contributed by atoms with Gasteiger partial charge in [0.25, 0.3) is 0 Å². The maximum atomic E-state index is 11.2. The highest BCUT2D eigenvalue weighted by Crippen LogP contribution is 2.02. The number of nitrogens with zero attached hydrogens (tertiary/aromatic N) is 2. The molecule has 0 bridgehead atoms. The standard InChI is InChI=1S/C10H20IN3O2/c1-16-8-2-3-13-4-6-14(7-5-13)9-10(15)12-11/h2-9H2,1H3,(H,12,15). The normalized spacial score (nSPS) is 18.6. The Labute approximate surface area is 111 Å². The topological polar surface area (TPSA) is 44.8 Å². The summed E-state index contributed by atoms with van der Waals surface area (Å²) in [6.45, 7) is 6.52. The van der Waals surface area contributed by atoms with Gasteiger partial charge in [0.1, 0.15) is 0 Å². The molecule has 0 spiro atoms. The molecule has 1 rings (SSSR count). The van der Waals surface area contributed by atoms with Gasteiger partial charge in [-0.15, -0.1) is 0 Å². The summed E-state index contributed by atoms with van der Waals surface area (Å²) in [6, 6.07) is 0. The first kappa shape index (κ1) is 14.1. The van der Waals surface area contributed by atoms with Gasteiger partial charge in [0.05, 0.1) is 29.4 Å². The van der Waals surface area contributed by atoms with E-state index in [0.717, 1.165) is 45.8 Å². The van der Waals surface area contributed by atoms with E-state index in [-0.39, 0.29) is 5.91 Å². The second-order valence-corrected chi connectivity index (χ2v) is 4.52. The van der Waals surface area contributed by atoms with Crippen molar-refractivity contribution in [3.8, 4) is 0 Å². The van der Waals surface area contributed by atoms with E-state index in [1.54, 1.807) is 7.11 Å². The van der Waals surface area contributed by atoms with Gasteiger partial charge >= 0.3 is 0 Å². The quantitative estimate of drug-likeness (QED) is 0.423. The smallest absolute Gasteiger partial charge is 0.242 e. The number of piperazine rings is 1. The Hall–Kier alpha value is 0.0800. The van der Waals surface area contributed by atoms with E-state index in [1.165, 1.54) is 0 Å². The summed E-state index contributed by atoms with van der Waals surface area (Å²) in [7, 11) is 1.74. The largest absolute Gasteiger partial charge is 0.385 e. The molecular formula is C10H20IN3O2. The van der Waals surface area contributed by atoms with Crippen LogP contribution >= 0.6 is 22.9 Å². The van der Waals surface area contributed by atoms with Gasteiger partial charge in [0.15, 0.2) is 0 Å². The Morgan fingerprint density at radius 3 is 2.50 bits per heavy atom. The Balaban J connectivity index is 2.11. The number of hydrogen-bond acceptors (Lipinski definition) is 4. The van der Waals surface area contributed by atoms with Gasteiger partial charge in [-0.3, -0.25) is 13.2 Å². The fourth-order valence-corrected chi connectivity index (χ4v) is 2.01. The van der Waals surface area contributed by atoms with Crippen molar-refractivity contribution in [3.63, 3.8) is 0 Å². The molecule has 94 valence electrons. The summed E-state index contributed by atoms with van der Waals surface area (Å²) < 4.78 is 7.65. The fourth-order valence-electron chi connectivity index (χ4n) is 1.84. The lowest BCUT2D eigenvalue weighted by atomic mass is 10.3. The van der Waals surface area contributed by atoms with Crippen LogP contribution in [0.15, 0.2) is 0 Å². The third kappa shape index (κ3) is 5.42. The molecule has 16 heavy (non-hydrogen) atoms. The summed E-state index contributed by atoms with van der Waals surface area (Å²) in [6.07, 6.45) is 1.09. The summed E-state index contributed by atoms with van der Waals surface area (Å²) in [4.78, 5) is 15.8. The lowest BCUT2D eigenvalue weighted by molar-refractivity contribution is -0.120. The van der Waals surface area contributed by atoms with Crippen molar-refractivity contribution in [2.75, 3.05) is 53.0 Å². The molecule has 5 nitrogen and oxygen atoms in total. The first-order valence-electron chi connectivity index (χ1n) is 5.59. The van der Waals surface area contributed by atoms with Crippen molar-refractivity contribution in [1.29, 1.82) is 0 Å². The maximum Gasteiger partial charge on any atom is 0.242 e. The van der Waals surface area contributed by atoms with Crippen LogP contribution in [-0.2, 0) is 9.53 Å². The van der Waals surface area contributed by atoms with E-state index in [4.69, 9.17) is 4.74 Å². The first-order valence-corrected chi connectivity index (χ1v) is 6.67. The highest BCUT2D eigenvalue weighted by atomic mass is 127. The highest BCUT2D eigenvalue weighted by Gasteiger charge is 2.17. The van der Waals surface area contributed by atoms with Crippen molar-refractivity contribution in [2.45, 2.75) is 6.42 Å². The monoisotopic (exact) mass is 341 g/mol. The van der Waals surface area contributed by atoms with Gasteiger partial charge in [0, 0.05) is 46.4 Å². The highest BCUT2D eigenvalue weighted by molar-refractivity contribution is 14.1. The minimum absolute atomic E-state index is 0.0911. The number of hydrogen-bond donors (Lipinski definition) is 1. The van der Waals surface area contributed by atoms with Crippen molar-refractivity contribution >= 4 is 28.8 Å². The van der Waals surface area contributed by atoms with Gasteiger partial charge < -0.3 is 9.64 Å². The molecule has 0 aromatic rings. The first-order chi connectivity index (χ1) is 7.76. The van der Waals surface area contributed by atoms with Crippen LogP contribution in [0.3, 0.4) is 0 Å². The molecule has 0 atom stereocenters. The summed E-state index contributed by atoms with van der Waals surface area (Å²) in [5, 5.41) is 0. The predicted molar refractivity (Wildman–Crippen MR) is 71.5 cm³/mol. The summed E-state index contributed by atoms with van der Waals surface area (Å²) in [5.74, 6) is 0.0911. The van der Waals surface area contributed by atoms with Crippen molar-refractivity contribution in [1.82, 2.24) is 13.3 Å². The van der Waals surface area contributed by atoms with Crippen LogP contribution in [0.25, 0.3) is 0 Å². The van der Waals surface area contributed by atoms with Crippen LogP contribution in [0.4, 0.5) is 0 Å². The lowest BCUT2D eigenvalue weighted by Crippen LogP contribution is -2.49. The molecule has 0 aliphatic carbocycles. The summed E-state index contributed by atoms with van der Waals surface area (Å²) in [5.41, 5.74) is 0. The number of nitrogens with one attached hydrogen (secondary N) is 1. The predicted octanol–water partition coefficient (Wildman–Crippen LogP) is 0.107. The van der Waals surface area contributed by atoms with E-state index in [9.17, 15) is 4.79 Å². The Kier molecular flexibility index (Phi) is 7.26. The van der Waals surface area contributed by atoms with Gasteiger partial charge in [-0.25, -0.2) is 0 Å². The van der Waals surface area contributed by atoms with Crippen molar-refractivity contribution in [3.05, 3.63) is 0 Å². The second kappa shape index (κ2) is 8.21. The zero-order chi connectivity index (χ0) is 11.8. The lowest BCUT2D eigenvalue weighted by Gasteiger charge is -2.34. The maximum absolute atomic E-state index is 11.2. The van der Waals surface area contributed by atoms with E-state index in [0.29, 0.717) is 6.54 Å². The number of carbonyl (C=O) groups is 1. The molecule has 0 aromatic heterocycles. The molecule has 0 radical (unpaired) electrons. The van der Waals surface area contributed by atoms with Gasteiger partial charge in [-0.1, -0.05) is 0 Å². The molecule has 1 saturated heterocycles. The molecule has 1 heterocycles. The molecule has 1 amide bonds. The molecular weight excluding hydrogens is 321 g/mol. The van der Waals surface area contributed by atoms with Crippen LogP contribution in [0.5, 0.6) is 0 Å². The molecule has 0 saturated carbocycles. The molecule has 1 N–H and O–H groups in total. The van der Waals surface area contributed by atoms with E-state index >= 15 is 0 Å². The average Bonchev–Trinajstić information content (AvgIpc) is 2.31. The van der Waals surface area contributed by atoms with E-state index < -0.39 is 0 Å². The second-order valence-electron chi connectivity index (χ2n) is 3.98. The minimum Gasteiger partial charge on any atom is -0.385 e. The zero-order valence-electron chi connectivity index (χ0n) is 9.75. The van der Waals surface area contributed by atoms with E-state index in [1.807, 2.05) is 22.9 Å². The van der Waals surface area contributed by atoms with Gasteiger partial charge in [0.2, 0.25) is 5.91 Å². The third-order valence-corrected chi connectivity index (χ3v) is 3.36. The minimum atomic E-state index is 0.0911. The Morgan fingerprint density at radius 2 is 1.94 bits per heavy atom. The van der Waals surface area contributed by atoms with Crippen LogP contribution < -0.4 is 3.53 Å². The Bertz CT molecular complexity index is 208. The molecule has 6 heteroatoms. The van der Waals surface area contributed by atoms with Gasteiger partial charge in [-0.05, 0) is 6.42 Å². The van der Waals surface area contributed by atoms with E-state index in [2.05, 4.69) is 13.3 Å². The van der Waals surface area contributed by atoms with Gasteiger partial charge in [-0.2, -0.15) is 0 Å². The zero-order valence-corrected chi connectivity index (χ0v) is 11.9. The van der Waals surface area contributed by atoms with Crippen LogP contribution in [0, 0.1) is 0 Å². The number of ether oxygens (including phenoxy) is 1. The number of carbonyl (C=O) groups excluding carboxylic acids is 1.